The third kappa shape index (κ3) is 5.23. The van der Waals surface area contributed by atoms with Crippen molar-refractivity contribution in [2.45, 2.75) is 31.8 Å². The molecule has 32 heavy (non-hydrogen) atoms. The maximum absolute atomic E-state index is 14.1. The number of anilines is 2. The first-order valence-electron chi connectivity index (χ1n) is 11.2. The Morgan fingerprint density at radius 2 is 1.88 bits per heavy atom. The maximum Gasteiger partial charge on any atom is 0.149 e. The van der Waals surface area contributed by atoms with E-state index in [0.717, 1.165) is 49.0 Å². The molecule has 1 unspecified atom stereocenters. The number of nitrogens with two attached hydrogens (primary N) is 1. The van der Waals surface area contributed by atoms with Gasteiger partial charge in [-0.1, -0.05) is 12.1 Å². The number of nitrogens with zero attached hydrogens (tertiary/aromatic N) is 2. The molecular weight excluding hydrogens is 405 g/mol. The van der Waals surface area contributed by atoms with Gasteiger partial charge in [0.25, 0.3) is 0 Å². The molecule has 1 aliphatic heterocycles. The summed E-state index contributed by atoms with van der Waals surface area (Å²) in [7, 11) is 0. The van der Waals surface area contributed by atoms with Gasteiger partial charge in [0.1, 0.15) is 11.6 Å². The Morgan fingerprint density at radius 3 is 2.69 bits per heavy atom. The third-order valence-electron chi connectivity index (χ3n) is 6.06. The summed E-state index contributed by atoms with van der Waals surface area (Å²) in [6.07, 6.45) is 6.05. The number of nitrogens with one attached hydrogen (secondary N) is 2. The van der Waals surface area contributed by atoms with Crippen LogP contribution < -0.4 is 16.4 Å². The number of hydrogen-bond acceptors (Lipinski definition) is 6. The second kappa shape index (κ2) is 10.5. The van der Waals surface area contributed by atoms with Gasteiger partial charge in [0.15, 0.2) is 0 Å². The molecule has 0 bridgehead atoms. The first-order chi connectivity index (χ1) is 15.6. The van der Waals surface area contributed by atoms with Crippen LogP contribution in [0.4, 0.5) is 15.9 Å². The highest BCUT2D eigenvalue weighted by molar-refractivity contribution is 5.70. The number of hydrogen-bond donors (Lipinski definition) is 4. The molecule has 5 N–H and O–H groups in total. The molecule has 2 aromatic heterocycles. The van der Waals surface area contributed by atoms with Crippen molar-refractivity contribution in [1.29, 1.82) is 0 Å². The number of piperidine rings is 1. The zero-order chi connectivity index (χ0) is 22.3. The van der Waals surface area contributed by atoms with E-state index in [1.54, 1.807) is 36.7 Å². The topological polar surface area (TPSA) is 96.1 Å². The molecule has 1 fully saturated rings. The summed E-state index contributed by atoms with van der Waals surface area (Å²) in [5.74, 6) is 0.559. The van der Waals surface area contributed by atoms with Crippen molar-refractivity contribution >= 4 is 11.5 Å². The zero-order valence-electron chi connectivity index (χ0n) is 18.1. The molecule has 0 amide bonds. The molecule has 168 valence electrons. The summed E-state index contributed by atoms with van der Waals surface area (Å²) in [6.45, 7) is 2.47. The van der Waals surface area contributed by atoms with Gasteiger partial charge in [-0.15, -0.1) is 0 Å². The van der Waals surface area contributed by atoms with Gasteiger partial charge in [-0.05, 0) is 86.1 Å². The SMILES string of the molecule is Nc1cccnc1NCCCc1cc(F)ccc1-c1cccnc1C(O)C1CCNCC1. The van der Waals surface area contributed by atoms with E-state index in [0.29, 0.717) is 30.2 Å². The molecule has 1 saturated heterocycles. The Balaban J connectivity index is 1.52. The highest BCUT2D eigenvalue weighted by atomic mass is 19.1. The van der Waals surface area contributed by atoms with Crippen LogP contribution >= 0.6 is 0 Å². The lowest BCUT2D eigenvalue weighted by Crippen LogP contribution is -2.31. The van der Waals surface area contributed by atoms with Gasteiger partial charge in [0, 0.05) is 24.5 Å². The summed E-state index contributed by atoms with van der Waals surface area (Å²) in [5.41, 5.74) is 9.89. The predicted octanol–water partition coefficient (Wildman–Crippen LogP) is 3.94. The van der Waals surface area contributed by atoms with Crippen LogP contribution in [-0.2, 0) is 6.42 Å². The van der Waals surface area contributed by atoms with Gasteiger partial charge < -0.3 is 21.5 Å². The Hall–Kier alpha value is -3.03. The third-order valence-corrected chi connectivity index (χ3v) is 6.06. The summed E-state index contributed by atoms with van der Waals surface area (Å²) in [4.78, 5) is 8.78. The molecular formula is C25H30FN5O. The molecule has 0 spiro atoms. The molecule has 0 aliphatic carbocycles. The lowest BCUT2D eigenvalue weighted by Gasteiger charge is -2.28. The van der Waals surface area contributed by atoms with Crippen molar-refractivity contribution in [2.24, 2.45) is 5.92 Å². The fraction of sp³-hybridized carbons (Fsp3) is 0.360. The number of pyridine rings is 2. The Bertz CT molecular complexity index is 1040. The standard InChI is InChI=1S/C25H30FN5O/c26-19-7-8-20(18(16-19)4-1-12-30-25-22(27)6-3-13-31-25)21-5-2-11-29-23(21)24(32)17-9-14-28-15-10-17/h2-3,5-8,11,13,16-17,24,28,32H,1,4,9-10,12,14-15,27H2,(H,30,31). The van der Waals surface area contributed by atoms with E-state index < -0.39 is 6.10 Å². The second-order valence-corrected chi connectivity index (χ2v) is 8.24. The average Bonchev–Trinajstić information content (AvgIpc) is 2.83. The number of benzene rings is 1. The minimum Gasteiger partial charge on any atom is -0.396 e. The largest absolute Gasteiger partial charge is 0.396 e. The zero-order valence-corrected chi connectivity index (χ0v) is 18.1. The Kier molecular flexibility index (Phi) is 7.29. The van der Waals surface area contributed by atoms with E-state index in [1.807, 2.05) is 12.1 Å². The van der Waals surface area contributed by atoms with Crippen molar-refractivity contribution in [3.05, 3.63) is 71.9 Å². The first-order valence-corrected chi connectivity index (χ1v) is 11.2. The number of aryl methyl sites for hydroxylation is 1. The van der Waals surface area contributed by atoms with E-state index in [9.17, 15) is 9.50 Å². The molecule has 4 rings (SSSR count). The van der Waals surface area contributed by atoms with Crippen molar-refractivity contribution in [3.8, 4) is 11.1 Å². The number of nitrogen functional groups attached to an aromatic ring is 1. The molecule has 7 heteroatoms. The average molecular weight is 436 g/mol. The number of halogens is 1. The minimum atomic E-state index is -0.639. The molecule has 0 radical (unpaired) electrons. The summed E-state index contributed by atoms with van der Waals surface area (Å²) >= 11 is 0. The molecule has 0 saturated carbocycles. The number of rotatable bonds is 8. The van der Waals surface area contributed by atoms with Crippen LogP contribution in [0.25, 0.3) is 11.1 Å². The number of aromatic nitrogens is 2. The minimum absolute atomic E-state index is 0.168. The van der Waals surface area contributed by atoms with Crippen LogP contribution in [0.15, 0.2) is 54.9 Å². The summed E-state index contributed by atoms with van der Waals surface area (Å²) in [6, 6.07) is 12.3. The van der Waals surface area contributed by atoms with Crippen LogP contribution in [0.3, 0.4) is 0 Å². The van der Waals surface area contributed by atoms with Crippen LogP contribution in [0.5, 0.6) is 0 Å². The van der Waals surface area contributed by atoms with Crippen molar-refractivity contribution in [1.82, 2.24) is 15.3 Å². The van der Waals surface area contributed by atoms with Gasteiger partial charge in [0.2, 0.25) is 0 Å². The maximum atomic E-state index is 14.1. The molecule has 3 heterocycles. The van der Waals surface area contributed by atoms with Crippen molar-refractivity contribution in [3.63, 3.8) is 0 Å². The Morgan fingerprint density at radius 1 is 1.09 bits per heavy atom. The van der Waals surface area contributed by atoms with Crippen LogP contribution in [0.2, 0.25) is 0 Å². The van der Waals surface area contributed by atoms with Gasteiger partial charge in [-0.25, -0.2) is 9.37 Å². The van der Waals surface area contributed by atoms with Crippen LogP contribution in [0, 0.1) is 11.7 Å². The van der Waals surface area contributed by atoms with E-state index in [-0.39, 0.29) is 11.7 Å². The van der Waals surface area contributed by atoms with E-state index in [2.05, 4.69) is 20.6 Å². The van der Waals surface area contributed by atoms with E-state index in [1.165, 1.54) is 6.07 Å². The quantitative estimate of drug-likeness (QED) is 0.400. The normalized spacial score (nSPS) is 15.4. The number of aliphatic hydroxyl groups is 1. The first kappa shape index (κ1) is 22.2. The van der Waals surface area contributed by atoms with Gasteiger partial charge in [-0.2, -0.15) is 0 Å². The van der Waals surface area contributed by atoms with Gasteiger partial charge in [0.05, 0.1) is 17.5 Å². The lowest BCUT2D eigenvalue weighted by atomic mass is 9.86. The van der Waals surface area contributed by atoms with Crippen LogP contribution in [0.1, 0.15) is 36.6 Å². The Labute approximate surface area is 188 Å². The highest BCUT2D eigenvalue weighted by Gasteiger charge is 2.26. The monoisotopic (exact) mass is 435 g/mol. The predicted molar refractivity (Wildman–Crippen MR) is 126 cm³/mol. The molecule has 1 aliphatic rings. The number of aliphatic hydroxyl groups excluding tert-OH is 1. The van der Waals surface area contributed by atoms with Crippen LogP contribution in [-0.4, -0.2) is 34.7 Å². The fourth-order valence-electron chi connectivity index (χ4n) is 4.35. The summed E-state index contributed by atoms with van der Waals surface area (Å²) in [5, 5.41) is 17.7. The smallest absolute Gasteiger partial charge is 0.149 e. The lowest BCUT2D eigenvalue weighted by molar-refractivity contribution is 0.0857. The van der Waals surface area contributed by atoms with Gasteiger partial charge >= 0.3 is 0 Å². The van der Waals surface area contributed by atoms with Gasteiger partial charge in [-0.3, -0.25) is 4.98 Å². The fourth-order valence-corrected chi connectivity index (χ4v) is 4.35. The molecule has 3 aromatic rings. The highest BCUT2D eigenvalue weighted by Crippen LogP contribution is 2.35. The van der Waals surface area contributed by atoms with Crippen molar-refractivity contribution < 1.29 is 9.50 Å². The van der Waals surface area contributed by atoms with Crippen molar-refractivity contribution in [2.75, 3.05) is 30.7 Å². The summed E-state index contributed by atoms with van der Waals surface area (Å²) < 4.78 is 14.1. The molecule has 1 aromatic carbocycles. The molecule has 6 nitrogen and oxygen atoms in total. The second-order valence-electron chi connectivity index (χ2n) is 8.24. The van der Waals surface area contributed by atoms with E-state index in [4.69, 9.17) is 5.73 Å². The molecule has 1 atom stereocenters. The van der Waals surface area contributed by atoms with E-state index >= 15 is 0 Å².